The molecule has 194 valence electrons. The molecule has 8 heteroatoms. The first-order chi connectivity index (χ1) is 17.0. The maximum atomic E-state index is 13.4. The molecule has 3 rings (SSSR count). The molecule has 0 saturated heterocycles. The highest BCUT2D eigenvalue weighted by atomic mass is 19.4. The number of carbonyl (C=O) groups excluding carboxylic acids is 1. The van der Waals surface area contributed by atoms with Crippen molar-refractivity contribution < 1.29 is 18.0 Å². The Morgan fingerprint density at radius 1 is 1.00 bits per heavy atom. The maximum Gasteiger partial charge on any atom is 0.391 e. The minimum absolute atomic E-state index is 0.0334. The first-order valence-corrected chi connectivity index (χ1v) is 12.1. The van der Waals surface area contributed by atoms with Gasteiger partial charge in [-0.2, -0.15) is 13.2 Å². The molecule has 2 N–H and O–H groups in total. The minimum atomic E-state index is -4.23. The van der Waals surface area contributed by atoms with Crippen LogP contribution in [-0.2, 0) is 17.6 Å². The van der Waals surface area contributed by atoms with E-state index in [1.54, 1.807) is 4.57 Å². The van der Waals surface area contributed by atoms with Crippen molar-refractivity contribution in [1.29, 1.82) is 0 Å². The fourth-order valence-corrected chi connectivity index (χ4v) is 3.98. The first kappa shape index (κ1) is 28.8. The van der Waals surface area contributed by atoms with Crippen molar-refractivity contribution in [3.8, 4) is 0 Å². The largest absolute Gasteiger partial charge is 0.391 e. The number of carbonyl (C=O) groups is 1. The van der Waals surface area contributed by atoms with Crippen LogP contribution in [0.3, 0.4) is 0 Å². The molecule has 0 aliphatic rings. The van der Waals surface area contributed by atoms with E-state index in [-0.39, 0.29) is 17.5 Å². The third kappa shape index (κ3) is 7.54. The highest BCUT2D eigenvalue weighted by Gasteiger charge is 2.36. The normalized spacial score (nSPS) is 12.1. The molecule has 3 aromatic rings. The lowest BCUT2D eigenvalue weighted by Crippen LogP contribution is -2.33. The maximum absolute atomic E-state index is 13.4. The molecule has 0 aliphatic heterocycles. The first-order valence-electron chi connectivity index (χ1n) is 12.1. The molecule has 2 aromatic carbocycles. The van der Waals surface area contributed by atoms with Crippen LogP contribution in [0.5, 0.6) is 0 Å². The molecule has 5 nitrogen and oxygen atoms in total. The summed E-state index contributed by atoms with van der Waals surface area (Å²) in [6, 6.07) is 19.7. The van der Waals surface area contributed by atoms with Gasteiger partial charge in [-0.15, -0.1) is 0 Å². The second-order valence-electron chi connectivity index (χ2n) is 8.75. The van der Waals surface area contributed by atoms with Crippen molar-refractivity contribution in [3.05, 3.63) is 93.4 Å². The zero-order valence-corrected chi connectivity index (χ0v) is 21.2. The summed E-state index contributed by atoms with van der Waals surface area (Å²) in [5.41, 5.74) is 9.88. The number of nitrogens with two attached hydrogens (primary N) is 1. The van der Waals surface area contributed by atoms with Crippen LogP contribution in [0.25, 0.3) is 0 Å². The van der Waals surface area contributed by atoms with Crippen LogP contribution in [0.4, 0.5) is 19.1 Å². The molecule has 0 saturated carbocycles. The average molecular weight is 502 g/mol. The lowest BCUT2D eigenvalue weighted by molar-refractivity contribution is -0.173. The monoisotopic (exact) mass is 501 g/mol. The lowest BCUT2D eigenvalue weighted by Gasteiger charge is -2.24. The van der Waals surface area contributed by atoms with Gasteiger partial charge in [0, 0.05) is 12.0 Å². The molecule has 1 unspecified atom stereocenters. The van der Waals surface area contributed by atoms with Gasteiger partial charge in [0.25, 0.3) is 5.56 Å². The van der Waals surface area contributed by atoms with Crippen molar-refractivity contribution in [3.63, 3.8) is 0 Å². The van der Waals surface area contributed by atoms with E-state index < -0.39 is 24.3 Å². The molecule has 0 spiro atoms. The Balaban J connectivity index is 0.000000388. The van der Waals surface area contributed by atoms with Gasteiger partial charge in [0.15, 0.2) is 0 Å². The summed E-state index contributed by atoms with van der Waals surface area (Å²) < 4.78 is 36.6. The van der Waals surface area contributed by atoms with Crippen LogP contribution in [0.15, 0.2) is 65.5 Å². The Kier molecular flexibility index (Phi) is 10.4. The number of hydrogen-bond donors (Lipinski definition) is 1. The van der Waals surface area contributed by atoms with Crippen molar-refractivity contribution >= 4 is 11.7 Å². The number of alkyl halides is 3. The third-order valence-corrected chi connectivity index (χ3v) is 5.80. The number of ketones is 1. The quantitative estimate of drug-likeness (QED) is 0.402. The lowest BCUT2D eigenvalue weighted by atomic mass is 9.97. The van der Waals surface area contributed by atoms with E-state index in [0.717, 1.165) is 42.7 Å². The van der Waals surface area contributed by atoms with E-state index in [2.05, 4.69) is 11.9 Å². The number of nitrogen functional groups attached to an aromatic ring is 1. The number of Topliss-reactive ketones (excluding diaryl/α,β-unsaturated/α-hetero) is 1. The van der Waals surface area contributed by atoms with Gasteiger partial charge in [0.1, 0.15) is 5.78 Å². The Hall–Kier alpha value is -3.42. The standard InChI is InChI=1S/C22H25N3O.C6H9F3O/c1-3-11-18-19(4-2)24-22(23)25(21(18)26)20(16-12-7-5-8-13-16)17-14-9-6-10-15-17;1-4(3-5(2)10)6(7,8)9/h5-10,12-15,20H,3-4,11H2,1-2H3,(H2,23,24);4H,3H2,1-2H3. The summed E-state index contributed by atoms with van der Waals surface area (Å²) in [5.74, 6) is -1.67. The van der Waals surface area contributed by atoms with Gasteiger partial charge in [0.2, 0.25) is 5.95 Å². The molecule has 0 bridgehead atoms. The molecule has 0 aliphatic carbocycles. The number of benzene rings is 2. The summed E-state index contributed by atoms with van der Waals surface area (Å²) in [5, 5.41) is 0. The third-order valence-electron chi connectivity index (χ3n) is 5.80. The minimum Gasteiger partial charge on any atom is -0.369 e. The topological polar surface area (TPSA) is 78.0 Å². The van der Waals surface area contributed by atoms with E-state index >= 15 is 0 Å². The predicted octanol–water partition coefficient (Wildman–Crippen LogP) is 6.14. The fourth-order valence-electron chi connectivity index (χ4n) is 3.98. The summed E-state index contributed by atoms with van der Waals surface area (Å²) in [4.78, 5) is 28.2. The van der Waals surface area contributed by atoms with Gasteiger partial charge in [0.05, 0.1) is 17.7 Å². The van der Waals surface area contributed by atoms with Crippen LogP contribution in [0.2, 0.25) is 0 Å². The summed E-state index contributed by atoms with van der Waals surface area (Å²) in [7, 11) is 0. The summed E-state index contributed by atoms with van der Waals surface area (Å²) in [6.07, 6.45) is -2.33. The molecule has 0 radical (unpaired) electrons. The number of hydrogen-bond acceptors (Lipinski definition) is 4. The second-order valence-corrected chi connectivity index (χ2v) is 8.75. The predicted molar refractivity (Wildman–Crippen MR) is 137 cm³/mol. The van der Waals surface area contributed by atoms with Gasteiger partial charge in [-0.25, -0.2) is 4.98 Å². The highest BCUT2D eigenvalue weighted by Crippen LogP contribution is 2.28. The Morgan fingerprint density at radius 2 is 1.50 bits per heavy atom. The summed E-state index contributed by atoms with van der Waals surface area (Å²) >= 11 is 0. The molecule has 1 aromatic heterocycles. The molecule has 36 heavy (non-hydrogen) atoms. The van der Waals surface area contributed by atoms with Crippen molar-refractivity contribution in [1.82, 2.24) is 9.55 Å². The number of nitrogens with zero attached hydrogens (tertiary/aromatic N) is 2. The smallest absolute Gasteiger partial charge is 0.369 e. The highest BCUT2D eigenvalue weighted by molar-refractivity contribution is 5.75. The Labute approximate surface area is 210 Å². The summed E-state index contributed by atoms with van der Waals surface area (Å²) in [6.45, 7) is 6.24. The fraction of sp³-hybridized carbons (Fsp3) is 0.393. The van der Waals surface area contributed by atoms with Crippen molar-refractivity contribution in [2.45, 2.75) is 65.6 Å². The van der Waals surface area contributed by atoms with Crippen LogP contribution < -0.4 is 11.3 Å². The van der Waals surface area contributed by atoms with Gasteiger partial charge in [-0.05, 0) is 30.9 Å². The van der Waals surface area contributed by atoms with E-state index in [1.165, 1.54) is 0 Å². The average Bonchev–Trinajstić information content (AvgIpc) is 2.84. The number of halogens is 3. The Morgan fingerprint density at radius 3 is 1.86 bits per heavy atom. The van der Waals surface area contributed by atoms with Crippen molar-refractivity contribution in [2.24, 2.45) is 5.92 Å². The zero-order chi connectivity index (χ0) is 26.9. The molecular weight excluding hydrogens is 467 g/mol. The van der Waals surface area contributed by atoms with E-state index in [1.807, 2.05) is 67.6 Å². The van der Waals surface area contributed by atoms with Crippen LogP contribution in [0, 0.1) is 5.92 Å². The molecule has 1 atom stereocenters. The Bertz CT molecular complexity index is 1140. The number of rotatable bonds is 8. The van der Waals surface area contributed by atoms with Crippen LogP contribution >= 0.6 is 0 Å². The number of anilines is 1. The molecule has 0 fully saturated rings. The van der Waals surface area contributed by atoms with E-state index in [9.17, 15) is 22.8 Å². The van der Waals surface area contributed by atoms with Gasteiger partial charge in [-0.1, -0.05) is 87.9 Å². The number of aryl methyl sites for hydroxylation is 1. The number of aromatic nitrogens is 2. The van der Waals surface area contributed by atoms with Gasteiger partial charge >= 0.3 is 6.18 Å². The molecule has 0 amide bonds. The van der Waals surface area contributed by atoms with E-state index in [0.29, 0.717) is 12.8 Å². The SMILES string of the molecule is CC(=O)CC(C)C(F)(F)F.CCCc1c(CC)nc(N)n(C(c2ccccc2)c2ccccc2)c1=O. The molecule has 1 heterocycles. The van der Waals surface area contributed by atoms with Crippen molar-refractivity contribution in [2.75, 3.05) is 5.73 Å². The van der Waals surface area contributed by atoms with E-state index in [4.69, 9.17) is 5.73 Å². The second kappa shape index (κ2) is 13.0. The van der Waals surface area contributed by atoms with Crippen LogP contribution in [0.1, 0.15) is 69.0 Å². The van der Waals surface area contributed by atoms with Crippen LogP contribution in [-0.4, -0.2) is 21.5 Å². The zero-order valence-electron chi connectivity index (χ0n) is 21.2. The van der Waals surface area contributed by atoms with Gasteiger partial charge < -0.3 is 10.5 Å². The van der Waals surface area contributed by atoms with Gasteiger partial charge in [-0.3, -0.25) is 9.36 Å². The molecular formula is C28H34F3N3O2.